The molecule has 238 valence electrons. The normalized spacial score (nSPS) is 43.2. The molecule has 5 saturated heterocycles. The van der Waals surface area contributed by atoms with Gasteiger partial charge in [-0.15, -0.1) is 0 Å². The number of nitrogens with one attached hydrogen (secondary N) is 3. The van der Waals surface area contributed by atoms with Crippen molar-refractivity contribution < 1.29 is 22.7 Å². The maximum atomic E-state index is 14.6. The van der Waals surface area contributed by atoms with Crippen LogP contribution in [0.25, 0.3) is 0 Å². The summed E-state index contributed by atoms with van der Waals surface area (Å²) in [5.74, 6) is -0.697. The number of carbonyl (C=O) groups is 1. The van der Waals surface area contributed by atoms with E-state index in [4.69, 9.17) is 4.74 Å². The molecule has 0 bridgehead atoms. The molecular formula is C31H51F3N6O2. The summed E-state index contributed by atoms with van der Waals surface area (Å²) < 4.78 is 49.5. The largest absolute Gasteiger partial charge is 0.392 e. The van der Waals surface area contributed by atoms with Gasteiger partial charge < -0.3 is 19.9 Å². The third-order valence-corrected chi connectivity index (χ3v) is 12.7. The fourth-order valence-corrected chi connectivity index (χ4v) is 10.2. The van der Waals surface area contributed by atoms with Crippen LogP contribution in [-0.2, 0) is 9.53 Å². The summed E-state index contributed by atoms with van der Waals surface area (Å²) in [4.78, 5) is 20.6. The molecule has 9 unspecified atom stereocenters. The van der Waals surface area contributed by atoms with Gasteiger partial charge in [-0.3, -0.25) is 9.69 Å². The van der Waals surface area contributed by atoms with Crippen molar-refractivity contribution in [3.8, 4) is 0 Å². The number of hydrazine groups is 1. The van der Waals surface area contributed by atoms with Gasteiger partial charge in [-0.05, 0) is 108 Å². The number of hydrogen-bond acceptors (Lipinski definition) is 7. The smallest absolute Gasteiger partial charge is 0.380 e. The van der Waals surface area contributed by atoms with E-state index in [1.807, 2.05) is 4.90 Å². The van der Waals surface area contributed by atoms with Gasteiger partial charge in [-0.2, -0.15) is 13.2 Å². The molecule has 8 nitrogen and oxygen atoms in total. The van der Waals surface area contributed by atoms with E-state index in [0.29, 0.717) is 24.8 Å². The number of halogens is 3. The Morgan fingerprint density at radius 3 is 2.64 bits per heavy atom. The molecule has 0 radical (unpaired) electrons. The van der Waals surface area contributed by atoms with Gasteiger partial charge in [0.25, 0.3) is 0 Å². The second-order valence-corrected chi connectivity index (χ2v) is 15.1. The van der Waals surface area contributed by atoms with E-state index in [9.17, 15) is 18.0 Å². The van der Waals surface area contributed by atoms with Gasteiger partial charge in [0.1, 0.15) is 0 Å². The van der Waals surface area contributed by atoms with E-state index in [0.717, 1.165) is 90.5 Å². The number of likely N-dealkylation sites (tertiary alicyclic amines) is 2. The van der Waals surface area contributed by atoms with Crippen LogP contribution in [0.3, 0.4) is 0 Å². The highest BCUT2D eigenvalue weighted by molar-refractivity contribution is 5.82. The number of ether oxygens (including phenoxy) is 1. The van der Waals surface area contributed by atoms with Crippen LogP contribution < -0.4 is 16.2 Å². The Kier molecular flexibility index (Phi) is 8.31. The molecule has 3 N–H and O–H groups in total. The van der Waals surface area contributed by atoms with Gasteiger partial charge in [0.05, 0.1) is 32.0 Å². The molecule has 2 saturated carbocycles. The quantitative estimate of drug-likeness (QED) is 0.436. The molecule has 1 amide bonds. The fourth-order valence-electron chi connectivity index (χ4n) is 10.2. The molecule has 42 heavy (non-hydrogen) atoms. The fraction of sp³-hybridized carbons (Fsp3) is 0.968. The third kappa shape index (κ3) is 5.64. The summed E-state index contributed by atoms with van der Waals surface area (Å²) >= 11 is 0. The van der Waals surface area contributed by atoms with Gasteiger partial charge >= 0.3 is 6.18 Å². The lowest BCUT2D eigenvalue weighted by atomic mass is 9.64. The molecule has 7 fully saturated rings. The van der Waals surface area contributed by atoms with Crippen LogP contribution in [0.4, 0.5) is 13.2 Å². The predicted octanol–water partition coefficient (Wildman–Crippen LogP) is 2.87. The molecule has 7 aliphatic rings. The first kappa shape index (κ1) is 29.7. The van der Waals surface area contributed by atoms with Gasteiger partial charge in [0.2, 0.25) is 5.91 Å². The summed E-state index contributed by atoms with van der Waals surface area (Å²) in [7, 11) is 2.11. The molecule has 5 aliphatic heterocycles. The van der Waals surface area contributed by atoms with Gasteiger partial charge in [-0.25, -0.2) is 10.9 Å². The van der Waals surface area contributed by atoms with E-state index in [2.05, 4.69) is 33.0 Å². The van der Waals surface area contributed by atoms with Crippen LogP contribution in [-0.4, -0.2) is 105 Å². The van der Waals surface area contributed by atoms with E-state index in [1.165, 1.54) is 6.42 Å². The van der Waals surface area contributed by atoms with Crippen molar-refractivity contribution in [1.29, 1.82) is 0 Å². The number of fused-ring (bicyclic) bond motifs is 2. The number of nitrogens with zero attached hydrogens (tertiary/aromatic N) is 3. The van der Waals surface area contributed by atoms with Gasteiger partial charge in [0, 0.05) is 37.0 Å². The topological polar surface area (TPSA) is 72.1 Å². The van der Waals surface area contributed by atoms with Crippen LogP contribution in [0.2, 0.25) is 0 Å². The Bertz CT molecular complexity index is 981. The number of amides is 1. The minimum atomic E-state index is -4.26. The van der Waals surface area contributed by atoms with Crippen molar-refractivity contribution in [2.75, 3.05) is 66.2 Å². The van der Waals surface area contributed by atoms with Crippen molar-refractivity contribution in [2.24, 2.45) is 46.8 Å². The molecule has 11 heteroatoms. The summed E-state index contributed by atoms with van der Waals surface area (Å²) in [6.07, 6.45) is 4.08. The number of carbonyl (C=O) groups excluding carboxylic acids is 1. The summed E-state index contributed by atoms with van der Waals surface area (Å²) in [6.45, 7) is 7.35. The molecule has 7 rings (SSSR count). The first-order valence-corrected chi connectivity index (χ1v) is 16.8. The van der Waals surface area contributed by atoms with Crippen LogP contribution in [0.5, 0.6) is 0 Å². The minimum absolute atomic E-state index is 0.0140. The van der Waals surface area contributed by atoms with Gasteiger partial charge in [0.15, 0.2) is 0 Å². The van der Waals surface area contributed by atoms with Crippen LogP contribution >= 0.6 is 0 Å². The van der Waals surface area contributed by atoms with Crippen molar-refractivity contribution in [2.45, 2.75) is 76.2 Å². The second kappa shape index (κ2) is 11.7. The van der Waals surface area contributed by atoms with Crippen molar-refractivity contribution in [3.05, 3.63) is 0 Å². The molecule has 0 aromatic rings. The Morgan fingerprint density at radius 1 is 1.05 bits per heavy atom. The summed E-state index contributed by atoms with van der Waals surface area (Å²) in [6, 6.07) is 0.0527. The standard InChI is InChI=1S/C31H51F3N6O2/c1-38-19-36-37-28(38)12-30(17-42-18-30)23-3-2-4-24(11-23)40-16-26-25(29(40)41)9-20(10-27(26)31(32,33)34)14-39-8-6-21-5-7-35-13-22(21)15-39/h20-28,35-37H,2-19H2,1H3. The molecule has 9 atom stereocenters. The summed E-state index contributed by atoms with van der Waals surface area (Å²) in [5.41, 5.74) is 6.69. The monoisotopic (exact) mass is 596 g/mol. The Hall–Kier alpha value is -0.980. The van der Waals surface area contributed by atoms with E-state index >= 15 is 0 Å². The highest BCUT2D eigenvalue weighted by Gasteiger charge is 2.58. The molecule has 0 aromatic heterocycles. The van der Waals surface area contributed by atoms with E-state index < -0.39 is 23.9 Å². The Labute approximate surface area is 248 Å². The zero-order chi connectivity index (χ0) is 29.1. The Morgan fingerprint density at radius 2 is 1.90 bits per heavy atom. The molecule has 5 heterocycles. The first-order valence-electron chi connectivity index (χ1n) is 16.8. The summed E-state index contributed by atoms with van der Waals surface area (Å²) in [5, 5.41) is 3.51. The highest BCUT2D eigenvalue weighted by atomic mass is 19.4. The number of piperidine rings is 2. The SMILES string of the molecule is CN1CNNC1CC1(C2CCCC(N3CC4C(CC(CN5CCC6CCNCC6C5)CC4C(F)(F)F)C3=O)C2)COC1. The minimum Gasteiger partial charge on any atom is -0.380 e. The van der Waals surface area contributed by atoms with Gasteiger partial charge in [-0.1, -0.05) is 6.42 Å². The molecular weight excluding hydrogens is 545 g/mol. The lowest BCUT2D eigenvalue weighted by molar-refractivity contribution is -0.204. The van der Waals surface area contributed by atoms with Crippen molar-refractivity contribution >= 4 is 5.91 Å². The third-order valence-electron chi connectivity index (χ3n) is 12.7. The predicted molar refractivity (Wildman–Crippen MR) is 153 cm³/mol. The number of hydrogen-bond donors (Lipinski definition) is 3. The average Bonchev–Trinajstić information content (AvgIpc) is 3.51. The number of alkyl halides is 3. The van der Waals surface area contributed by atoms with E-state index in [-0.39, 0.29) is 42.4 Å². The zero-order valence-electron chi connectivity index (χ0n) is 25.2. The Balaban J connectivity index is 1.02. The first-order chi connectivity index (χ1) is 20.2. The molecule has 0 spiro atoms. The van der Waals surface area contributed by atoms with Crippen LogP contribution in [0, 0.1) is 46.8 Å². The molecule has 0 aromatic carbocycles. The van der Waals surface area contributed by atoms with Crippen molar-refractivity contribution in [3.63, 3.8) is 0 Å². The lowest BCUT2D eigenvalue weighted by Gasteiger charge is -2.52. The van der Waals surface area contributed by atoms with Crippen molar-refractivity contribution in [1.82, 2.24) is 30.9 Å². The number of rotatable bonds is 6. The highest BCUT2D eigenvalue weighted by Crippen LogP contribution is 2.53. The second-order valence-electron chi connectivity index (χ2n) is 15.1. The van der Waals surface area contributed by atoms with E-state index in [1.54, 1.807) is 0 Å². The lowest BCUT2D eigenvalue weighted by Crippen LogP contribution is -2.56. The van der Waals surface area contributed by atoms with Crippen LogP contribution in [0.15, 0.2) is 0 Å². The zero-order valence-corrected chi connectivity index (χ0v) is 25.2. The van der Waals surface area contributed by atoms with Crippen LogP contribution in [0.1, 0.15) is 57.8 Å². The maximum absolute atomic E-state index is 14.6. The molecule has 2 aliphatic carbocycles. The average molecular weight is 597 g/mol. The maximum Gasteiger partial charge on any atom is 0.392 e.